The number of hydrogen-bond donors (Lipinski definition) is 2. The van der Waals surface area contributed by atoms with E-state index in [0.717, 1.165) is 24.4 Å². The highest BCUT2D eigenvalue weighted by Crippen LogP contribution is 2.31. The third-order valence-electron chi connectivity index (χ3n) is 3.44. The van der Waals surface area contributed by atoms with Crippen LogP contribution in [0.4, 0.5) is 5.69 Å². The Hall–Kier alpha value is -1.26. The summed E-state index contributed by atoms with van der Waals surface area (Å²) >= 11 is 0. The first-order valence-corrected chi connectivity index (χ1v) is 6.52. The number of aliphatic hydroxyl groups excluding tert-OH is 1. The molecule has 0 aliphatic carbocycles. The fourth-order valence-corrected chi connectivity index (χ4v) is 2.46. The molecule has 1 aliphatic rings. The van der Waals surface area contributed by atoms with Crippen LogP contribution in [0.2, 0.25) is 0 Å². The molecular weight excluding hydrogens is 228 g/mol. The smallest absolute Gasteiger partial charge is 0.124 e. The molecule has 0 radical (unpaired) electrons. The predicted molar refractivity (Wildman–Crippen MR) is 73.3 cm³/mol. The maximum Gasteiger partial charge on any atom is 0.124 e. The normalized spacial score (nSPS) is 16.9. The fraction of sp³-hybridized carbons (Fsp3) is 0.571. The fourth-order valence-electron chi connectivity index (χ4n) is 2.46. The Balaban J connectivity index is 2.26. The van der Waals surface area contributed by atoms with Crippen molar-refractivity contribution in [1.82, 2.24) is 5.32 Å². The Morgan fingerprint density at radius 3 is 2.72 bits per heavy atom. The van der Waals surface area contributed by atoms with E-state index in [1.165, 1.54) is 18.5 Å². The minimum absolute atomic E-state index is 0.528. The molecule has 0 aromatic heterocycles. The number of benzene rings is 1. The van der Waals surface area contributed by atoms with E-state index >= 15 is 0 Å². The third-order valence-corrected chi connectivity index (χ3v) is 3.44. The highest BCUT2D eigenvalue weighted by Gasteiger charge is 2.17. The summed E-state index contributed by atoms with van der Waals surface area (Å²) in [7, 11) is 3.47. The Bertz CT molecular complexity index is 389. The second-order valence-corrected chi connectivity index (χ2v) is 4.69. The maximum atomic E-state index is 10.1. The van der Waals surface area contributed by atoms with Gasteiger partial charge in [-0.3, -0.25) is 0 Å². The van der Waals surface area contributed by atoms with Crippen LogP contribution in [0.1, 0.15) is 24.5 Å². The molecule has 1 heterocycles. The van der Waals surface area contributed by atoms with Crippen molar-refractivity contribution in [2.45, 2.75) is 18.9 Å². The quantitative estimate of drug-likeness (QED) is 0.832. The second-order valence-electron chi connectivity index (χ2n) is 4.69. The van der Waals surface area contributed by atoms with E-state index in [1.54, 1.807) is 7.11 Å². The van der Waals surface area contributed by atoms with Gasteiger partial charge in [0.2, 0.25) is 0 Å². The average Bonchev–Trinajstić information content (AvgIpc) is 2.92. The summed E-state index contributed by atoms with van der Waals surface area (Å²) in [5.74, 6) is 0.751. The number of anilines is 1. The van der Waals surface area contributed by atoms with Crippen LogP contribution in [0.25, 0.3) is 0 Å². The molecule has 18 heavy (non-hydrogen) atoms. The lowest BCUT2D eigenvalue weighted by Gasteiger charge is -2.21. The minimum Gasteiger partial charge on any atom is -0.496 e. The molecule has 1 fully saturated rings. The molecule has 0 saturated carbocycles. The number of nitrogens with zero attached hydrogens (tertiary/aromatic N) is 1. The number of aliphatic hydroxyl groups is 1. The van der Waals surface area contributed by atoms with Gasteiger partial charge in [0.15, 0.2) is 0 Å². The molecule has 0 spiro atoms. The van der Waals surface area contributed by atoms with Gasteiger partial charge in [-0.25, -0.2) is 0 Å². The summed E-state index contributed by atoms with van der Waals surface area (Å²) in [6.45, 7) is 2.74. The lowest BCUT2D eigenvalue weighted by molar-refractivity contribution is 0.173. The molecule has 1 saturated heterocycles. The molecule has 4 nitrogen and oxygen atoms in total. The van der Waals surface area contributed by atoms with Gasteiger partial charge >= 0.3 is 0 Å². The van der Waals surface area contributed by atoms with Crippen LogP contribution < -0.4 is 15.0 Å². The first kappa shape index (κ1) is 13.2. The monoisotopic (exact) mass is 250 g/mol. The van der Waals surface area contributed by atoms with Crippen LogP contribution in [0.3, 0.4) is 0 Å². The Labute approximate surface area is 109 Å². The minimum atomic E-state index is -0.535. The lowest BCUT2D eigenvalue weighted by atomic mass is 10.1. The molecule has 100 valence electrons. The molecule has 0 amide bonds. The van der Waals surface area contributed by atoms with E-state index in [0.29, 0.717) is 6.54 Å². The van der Waals surface area contributed by atoms with Crippen molar-refractivity contribution < 1.29 is 9.84 Å². The van der Waals surface area contributed by atoms with Gasteiger partial charge in [-0.15, -0.1) is 0 Å². The first-order valence-electron chi connectivity index (χ1n) is 6.52. The van der Waals surface area contributed by atoms with E-state index < -0.39 is 6.10 Å². The largest absolute Gasteiger partial charge is 0.496 e. The van der Waals surface area contributed by atoms with E-state index in [9.17, 15) is 5.11 Å². The van der Waals surface area contributed by atoms with Crippen molar-refractivity contribution in [2.75, 3.05) is 38.7 Å². The number of hydrogen-bond acceptors (Lipinski definition) is 4. The predicted octanol–water partition coefficient (Wildman–Crippen LogP) is 1.55. The van der Waals surface area contributed by atoms with Crippen molar-refractivity contribution >= 4 is 5.69 Å². The average molecular weight is 250 g/mol. The molecule has 1 aromatic carbocycles. The molecule has 1 unspecified atom stereocenters. The molecule has 2 N–H and O–H groups in total. The zero-order valence-corrected chi connectivity index (χ0v) is 11.1. The zero-order valence-electron chi connectivity index (χ0n) is 11.1. The van der Waals surface area contributed by atoms with E-state index in [1.807, 2.05) is 19.2 Å². The number of nitrogens with one attached hydrogen (secondary N) is 1. The van der Waals surface area contributed by atoms with Gasteiger partial charge in [0.1, 0.15) is 5.75 Å². The van der Waals surface area contributed by atoms with Gasteiger partial charge < -0.3 is 20.1 Å². The number of ether oxygens (including phenoxy) is 1. The summed E-state index contributed by atoms with van der Waals surface area (Å²) < 4.78 is 5.32. The maximum absolute atomic E-state index is 10.1. The SMILES string of the molecule is CNCC(O)c1cc(N2CCCC2)ccc1OC. The van der Waals surface area contributed by atoms with Crippen molar-refractivity contribution in [2.24, 2.45) is 0 Å². The van der Waals surface area contributed by atoms with Gasteiger partial charge in [-0.2, -0.15) is 0 Å². The summed E-state index contributed by atoms with van der Waals surface area (Å²) in [5.41, 5.74) is 2.04. The van der Waals surface area contributed by atoms with Crippen LogP contribution in [0.5, 0.6) is 5.75 Å². The topological polar surface area (TPSA) is 44.7 Å². The summed E-state index contributed by atoms with van der Waals surface area (Å²) in [5, 5.41) is 13.1. The number of likely N-dealkylation sites (N-methyl/N-ethyl adjacent to an activating group) is 1. The molecule has 0 bridgehead atoms. The van der Waals surface area contributed by atoms with Gasteiger partial charge in [-0.1, -0.05) is 0 Å². The van der Waals surface area contributed by atoms with Crippen LogP contribution in [-0.2, 0) is 0 Å². The molecule has 4 heteroatoms. The zero-order chi connectivity index (χ0) is 13.0. The molecular formula is C14H22N2O2. The molecule has 1 aliphatic heterocycles. The van der Waals surface area contributed by atoms with Gasteiger partial charge in [0, 0.05) is 30.9 Å². The Kier molecular flexibility index (Phi) is 4.44. The van der Waals surface area contributed by atoms with E-state index in [-0.39, 0.29) is 0 Å². The number of methoxy groups -OCH3 is 1. The van der Waals surface area contributed by atoms with Crippen LogP contribution >= 0.6 is 0 Å². The Morgan fingerprint density at radius 2 is 2.11 bits per heavy atom. The number of rotatable bonds is 5. The highest BCUT2D eigenvalue weighted by molar-refractivity contribution is 5.54. The molecule has 1 atom stereocenters. The van der Waals surface area contributed by atoms with Gasteiger partial charge in [-0.05, 0) is 38.1 Å². The van der Waals surface area contributed by atoms with Crippen LogP contribution in [0.15, 0.2) is 18.2 Å². The van der Waals surface area contributed by atoms with Gasteiger partial charge in [0.25, 0.3) is 0 Å². The third kappa shape index (κ3) is 2.76. The highest BCUT2D eigenvalue weighted by atomic mass is 16.5. The van der Waals surface area contributed by atoms with Crippen molar-refractivity contribution in [3.63, 3.8) is 0 Å². The van der Waals surface area contributed by atoms with Crippen LogP contribution in [-0.4, -0.2) is 38.9 Å². The van der Waals surface area contributed by atoms with E-state index in [2.05, 4.69) is 16.3 Å². The van der Waals surface area contributed by atoms with Crippen molar-refractivity contribution in [3.8, 4) is 5.75 Å². The summed E-state index contributed by atoms with van der Waals surface area (Å²) in [6.07, 6.45) is 1.97. The summed E-state index contributed by atoms with van der Waals surface area (Å²) in [4.78, 5) is 2.36. The van der Waals surface area contributed by atoms with Gasteiger partial charge in [0.05, 0.1) is 13.2 Å². The molecule has 1 aromatic rings. The van der Waals surface area contributed by atoms with Crippen molar-refractivity contribution in [1.29, 1.82) is 0 Å². The molecule has 2 rings (SSSR count). The first-order chi connectivity index (χ1) is 8.76. The standard InChI is InChI=1S/C14H22N2O2/c1-15-10-13(17)12-9-11(5-6-14(12)18-2)16-7-3-4-8-16/h5-6,9,13,15,17H,3-4,7-8,10H2,1-2H3. The second kappa shape index (κ2) is 6.07. The van der Waals surface area contributed by atoms with E-state index in [4.69, 9.17) is 4.74 Å². The van der Waals surface area contributed by atoms with Crippen LogP contribution in [0, 0.1) is 0 Å². The van der Waals surface area contributed by atoms with Crippen molar-refractivity contribution in [3.05, 3.63) is 23.8 Å². The Morgan fingerprint density at radius 1 is 1.39 bits per heavy atom. The lowest BCUT2D eigenvalue weighted by Crippen LogP contribution is -2.20. The summed E-state index contributed by atoms with van der Waals surface area (Å²) in [6, 6.07) is 6.06.